The third-order valence-corrected chi connectivity index (χ3v) is 2.25. The Hall–Kier alpha value is -1.01. The van der Waals surface area contributed by atoms with E-state index in [2.05, 4.69) is 28.9 Å². The molecule has 0 aliphatic carbocycles. The van der Waals surface area contributed by atoms with Crippen molar-refractivity contribution in [2.45, 2.75) is 19.8 Å². The van der Waals surface area contributed by atoms with E-state index in [4.69, 9.17) is 10.00 Å². The van der Waals surface area contributed by atoms with Crippen LogP contribution in [-0.2, 0) is 6.42 Å². The fourth-order valence-electron chi connectivity index (χ4n) is 1.11. The molecular formula is C11H12BrNO. The minimum absolute atomic E-state index is 0.395. The summed E-state index contributed by atoms with van der Waals surface area (Å²) in [6.07, 6.45) is 1.37. The Kier molecular flexibility index (Phi) is 4.48. The van der Waals surface area contributed by atoms with Gasteiger partial charge in [0.2, 0.25) is 0 Å². The van der Waals surface area contributed by atoms with Crippen LogP contribution in [0.4, 0.5) is 0 Å². The Morgan fingerprint density at radius 2 is 2.29 bits per heavy atom. The maximum atomic E-state index is 8.62. The highest BCUT2D eigenvalue weighted by Crippen LogP contribution is 2.24. The van der Waals surface area contributed by atoms with E-state index in [0.29, 0.717) is 13.0 Å². The Morgan fingerprint density at radius 3 is 2.93 bits per heavy atom. The van der Waals surface area contributed by atoms with Crippen LogP contribution >= 0.6 is 15.9 Å². The number of nitriles is 1. The first kappa shape index (κ1) is 11.1. The third kappa shape index (κ3) is 3.04. The number of ether oxygens (including phenoxy) is 1. The highest BCUT2D eigenvalue weighted by molar-refractivity contribution is 9.10. The summed E-state index contributed by atoms with van der Waals surface area (Å²) >= 11 is 3.38. The average molecular weight is 254 g/mol. The van der Waals surface area contributed by atoms with Crippen molar-refractivity contribution < 1.29 is 4.74 Å². The molecule has 0 aliphatic rings. The zero-order valence-corrected chi connectivity index (χ0v) is 9.67. The van der Waals surface area contributed by atoms with Crippen molar-refractivity contribution in [2.75, 3.05) is 6.61 Å². The molecule has 1 rings (SSSR count). The van der Waals surface area contributed by atoms with Crippen molar-refractivity contribution in [3.05, 3.63) is 28.2 Å². The number of benzene rings is 1. The first-order valence-corrected chi connectivity index (χ1v) is 5.35. The van der Waals surface area contributed by atoms with Crippen LogP contribution in [0.1, 0.15) is 18.9 Å². The second-order valence-corrected chi connectivity index (χ2v) is 3.85. The smallest absolute Gasteiger partial charge is 0.124 e. The Morgan fingerprint density at radius 1 is 1.50 bits per heavy atom. The van der Waals surface area contributed by atoms with E-state index in [-0.39, 0.29) is 0 Å². The molecule has 0 aliphatic heterocycles. The van der Waals surface area contributed by atoms with Gasteiger partial charge in [-0.05, 0) is 18.6 Å². The van der Waals surface area contributed by atoms with E-state index in [1.165, 1.54) is 0 Å². The first-order chi connectivity index (χ1) is 6.77. The van der Waals surface area contributed by atoms with Gasteiger partial charge in [0.25, 0.3) is 0 Å². The van der Waals surface area contributed by atoms with Gasteiger partial charge in [-0.1, -0.05) is 28.9 Å². The van der Waals surface area contributed by atoms with E-state index in [1.807, 2.05) is 18.2 Å². The predicted octanol–water partition coefficient (Wildman–Crippen LogP) is 3.30. The van der Waals surface area contributed by atoms with Crippen LogP contribution in [0.2, 0.25) is 0 Å². The van der Waals surface area contributed by atoms with Gasteiger partial charge in [-0.15, -0.1) is 0 Å². The number of nitrogens with zero attached hydrogens (tertiary/aromatic N) is 1. The van der Waals surface area contributed by atoms with Crippen LogP contribution in [0.3, 0.4) is 0 Å². The zero-order valence-electron chi connectivity index (χ0n) is 8.09. The molecule has 0 aromatic heterocycles. The van der Waals surface area contributed by atoms with Crippen LogP contribution in [-0.4, -0.2) is 6.61 Å². The summed E-state index contributed by atoms with van der Waals surface area (Å²) in [6.45, 7) is 2.75. The number of hydrogen-bond acceptors (Lipinski definition) is 2. The van der Waals surface area contributed by atoms with Crippen LogP contribution in [0.25, 0.3) is 0 Å². The van der Waals surface area contributed by atoms with Crippen LogP contribution < -0.4 is 4.74 Å². The Labute approximate surface area is 92.6 Å². The molecule has 3 heteroatoms. The molecule has 0 fully saturated rings. The predicted molar refractivity (Wildman–Crippen MR) is 59.2 cm³/mol. The van der Waals surface area contributed by atoms with Crippen molar-refractivity contribution in [2.24, 2.45) is 0 Å². The molecular weight excluding hydrogens is 242 g/mol. The molecule has 1 aromatic rings. The molecule has 0 saturated carbocycles. The molecule has 0 N–H and O–H groups in total. The van der Waals surface area contributed by atoms with Crippen LogP contribution in [0, 0.1) is 11.3 Å². The van der Waals surface area contributed by atoms with Crippen LogP contribution in [0.5, 0.6) is 5.75 Å². The van der Waals surface area contributed by atoms with Crippen molar-refractivity contribution >= 4 is 15.9 Å². The van der Waals surface area contributed by atoms with Crippen LogP contribution in [0.15, 0.2) is 22.7 Å². The summed E-state index contributed by atoms with van der Waals surface area (Å²) in [5.41, 5.74) is 0.948. The molecule has 0 heterocycles. The molecule has 0 atom stereocenters. The van der Waals surface area contributed by atoms with Gasteiger partial charge in [-0.3, -0.25) is 0 Å². The molecule has 74 valence electrons. The molecule has 14 heavy (non-hydrogen) atoms. The quantitative estimate of drug-likeness (QED) is 0.825. The lowest BCUT2D eigenvalue weighted by molar-refractivity contribution is 0.314. The molecule has 0 bridgehead atoms. The van der Waals surface area contributed by atoms with Gasteiger partial charge in [0.15, 0.2) is 0 Å². The zero-order chi connectivity index (χ0) is 10.4. The summed E-state index contributed by atoms with van der Waals surface area (Å²) in [4.78, 5) is 0. The molecule has 0 radical (unpaired) electrons. The fraction of sp³-hybridized carbons (Fsp3) is 0.364. The number of hydrogen-bond donors (Lipinski definition) is 0. The van der Waals surface area contributed by atoms with E-state index < -0.39 is 0 Å². The fourth-order valence-corrected chi connectivity index (χ4v) is 1.45. The van der Waals surface area contributed by atoms with Gasteiger partial charge in [0.05, 0.1) is 19.1 Å². The van der Waals surface area contributed by atoms with Gasteiger partial charge in [0, 0.05) is 10.0 Å². The monoisotopic (exact) mass is 253 g/mol. The standard InChI is InChI=1S/C11H12BrNO/c1-2-7-14-11-8-10(12)4-3-9(11)5-6-13/h3-4,8H,2,5,7H2,1H3. The summed E-state index contributed by atoms with van der Waals surface area (Å²) in [7, 11) is 0. The van der Waals surface area contributed by atoms with Gasteiger partial charge in [0.1, 0.15) is 5.75 Å². The summed E-state index contributed by atoms with van der Waals surface area (Å²) in [5, 5.41) is 8.62. The van der Waals surface area contributed by atoms with Gasteiger partial charge in [-0.2, -0.15) is 5.26 Å². The topological polar surface area (TPSA) is 33.0 Å². The van der Waals surface area contributed by atoms with E-state index >= 15 is 0 Å². The van der Waals surface area contributed by atoms with E-state index in [1.54, 1.807) is 0 Å². The second-order valence-electron chi connectivity index (χ2n) is 2.94. The lowest BCUT2D eigenvalue weighted by Crippen LogP contribution is -1.98. The highest BCUT2D eigenvalue weighted by atomic mass is 79.9. The number of halogens is 1. The highest BCUT2D eigenvalue weighted by Gasteiger charge is 2.03. The maximum Gasteiger partial charge on any atom is 0.124 e. The maximum absolute atomic E-state index is 8.62. The molecule has 0 spiro atoms. The molecule has 0 amide bonds. The second kappa shape index (κ2) is 5.66. The normalized spacial score (nSPS) is 9.50. The Balaban J connectivity index is 2.86. The first-order valence-electron chi connectivity index (χ1n) is 4.56. The Bertz CT molecular complexity index is 344. The van der Waals surface area contributed by atoms with Crippen molar-refractivity contribution in [1.82, 2.24) is 0 Å². The van der Waals surface area contributed by atoms with Crippen molar-refractivity contribution in [3.63, 3.8) is 0 Å². The lowest BCUT2D eigenvalue weighted by atomic mass is 10.1. The summed E-state index contributed by atoms with van der Waals surface area (Å²) < 4.78 is 6.52. The summed E-state index contributed by atoms with van der Waals surface area (Å²) in [5.74, 6) is 0.808. The van der Waals surface area contributed by atoms with Crippen molar-refractivity contribution in [3.8, 4) is 11.8 Å². The number of rotatable bonds is 4. The van der Waals surface area contributed by atoms with Gasteiger partial charge < -0.3 is 4.74 Å². The lowest BCUT2D eigenvalue weighted by Gasteiger charge is -2.08. The third-order valence-electron chi connectivity index (χ3n) is 1.76. The van der Waals surface area contributed by atoms with E-state index in [0.717, 1.165) is 22.2 Å². The van der Waals surface area contributed by atoms with Gasteiger partial charge >= 0.3 is 0 Å². The minimum atomic E-state index is 0.395. The average Bonchev–Trinajstić information content (AvgIpc) is 2.18. The SMILES string of the molecule is CCCOc1cc(Br)ccc1CC#N. The molecule has 1 aromatic carbocycles. The van der Waals surface area contributed by atoms with Gasteiger partial charge in [-0.25, -0.2) is 0 Å². The molecule has 0 unspecified atom stereocenters. The molecule has 0 saturated heterocycles. The van der Waals surface area contributed by atoms with Crippen molar-refractivity contribution in [1.29, 1.82) is 5.26 Å². The largest absolute Gasteiger partial charge is 0.493 e. The van der Waals surface area contributed by atoms with E-state index in [9.17, 15) is 0 Å². The minimum Gasteiger partial charge on any atom is -0.493 e. The molecule has 2 nitrogen and oxygen atoms in total. The summed E-state index contributed by atoms with van der Waals surface area (Å²) in [6, 6.07) is 7.87.